The van der Waals surface area contributed by atoms with Crippen LogP contribution in [0.5, 0.6) is 0 Å². The monoisotopic (exact) mass is 462 g/mol. The van der Waals surface area contributed by atoms with Crippen LogP contribution in [-0.2, 0) is 10.2 Å². The zero-order valence-electron chi connectivity index (χ0n) is 19.4. The van der Waals surface area contributed by atoms with E-state index in [4.69, 9.17) is 0 Å². The van der Waals surface area contributed by atoms with E-state index in [9.17, 15) is 9.59 Å². The molecule has 3 aliphatic rings. The van der Waals surface area contributed by atoms with Crippen molar-refractivity contribution in [3.63, 3.8) is 0 Å². The number of para-hydroxylation sites is 2. The van der Waals surface area contributed by atoms with E-state index >= 15 is 0 Å². The van der Waals surface area contributed by atoms with Crippen molar-refractivity contribution in [2.24, 2.45) is 0 Å². The number of rotatable bonds is 3. The van der Waals surface area contributed by atoms with Gasteiger partial charge in [-0.3, -0.25) is 14.6 Å². The van der Waals surface area contributed by atoms with Crippen LogP contribution in [-0.4, -0.2) is 39.8 Å². The van der Waals surface area contributed by atoms with E-state index in [0.717, 1.165) is 39.0 Å². The van der Waals surface area contributed by atoms with E-state index in [1.165, 1.54) is 12.8 Å². The summed E-state index contributed by atoms with van der Waals surface area (Å²) in [7, 11) is 0. The third kappa shape index (κ3) is 3.13. The Hall–Kier alpha value is -3.93. The van der Waals surface area contributed by atoms with Gasteiger partial charge in [0, 0.05) is 47.4 Å². The molecule has 6 heteroatoms. The summed E-state index contributed by atoms with van der Waals surface area (Å²) in [6.45, 7) is 1.11. The second-order valence-electron chi connectivity index (χ2n) is 10.0. The molecule has 2 N–H and O–H groups in total. The van der Waals surface area contributed by atoms with Crippen LogP contribution < -0.4 is 5.32 Å². The van der Waals surface area contributed by atoms with Gasteiger partial charge >= 0.3 is 0 Å². The predicted molar refractivity (Wildman–Crippen MR) is 135 cm³/mol. The number of aromatic nitrogens is 2. The highest BCUT2D eigenvalue weighted by Crippen LogP contribution is 2.46. The number of hydrogen-bond acceptors (Lipinski definition) is 3. The van der Waals surface area contributed by atoms with Gasteiger partial charge in [0.25, 0.3) is 5.91 Å². The summed E-state index contributed by atoms with van der Waals surface area (Å²) >= 11 is 0. The van der Waals surface area contributed by atoms with Gasteiger partial charge in [-0.25, -0.2) is 0 Å². The van der Waals surface area contributed by atoms with E-state index < -0.39 is 5.41 Å². The number of pyridine rings is 1. The molecule has 1 saturated carbocycles. The molecular formula is C29H26N4O2. The Bertz CT molecular complexity index is 1490. The molecule has 0 bridgehead atoms. The number of nitrogens with zero attached hydrogens (tertiary/aromatic N) is 2. The topological polar surface area (TPSA) is 78.1 Å². The van der Waals surface area contributed by atoms with E-state index in [1.54, 1.807) is 0 Å². The maximum atomic E-state index is 13.5. The molecule has 2 aromatic carbocycles. The van der Waals surface area contributed by atoms with Crippen molar-refractivity contribution >= 4 is 28.4 Å². The largest absolute Gasteiger partial charge is 0.350 e. The number of amides is 2. The van der Waals surface area contributed by atoms with Crippen LogP contribution in [0.3, 0.4) is 0 Å². The van der Waals surface area contributed by atoms with Crippen LogP contribution in [0.15, 0.2) is 66.9 Å². The lowest BCUT2D eigenvalue weighted by atomic mass is 9.73. The van der Waals surface area contributed by atoms with E-state index in [0.29, 0.717) is 37.5 Å². The Kier molecular flexibility index (Phi) is 4.40. The normalized spacial score (nSPS) is 18.6. The molecule has 2 amide bonds. The van der Waals surface area contributed by atoms with Crippen molar-refractivity contribution in [2.75, 3.05) is 18.4 Å². The molecule has 2 aliphatic heterocycles. The third-order valence-electron chi connectivity index (χ3n) is 8.01. The zero-order chi connectivity index (χ0) is 23.6. The van der Waals surface area contributed by atoms with Crippen LogP contribution >= 0.6 is 0 Å². The van der Waals surface area contributed by atoms with Crippen LogP contribution in [0, 0.1) is 0 Å². The first-order valence-electron chi connectivity index (χ1n) is 12.4. The van der Waals surface area contributed by atoms with Crippen LogP contribution in [0.4, 0.5) is 5.69 Å². The Morgan fingerprint density at radius 1 is 0.971 bits per heavy atom. The molecule has 4 heterocycles. The van der Waals surface area contributed by atoms with E-state index in [-0.39, 0.29) is 11.8 Å². The maximum Gasteiger partial charge on any atom is 0.270 e. The number of hydrogen-bond donors (Lipinski definition) is 2. The van der Waals surface area contributed by atoms with Gasteiger partial charge in [0.15, 0.2) is 0 Å². The standard InChI is InChI=1S/C29H26N4O2/c34-27(33-15-12-29(13-16-33)22-8-1-2-9-23(22)32-28(29)35)24-17-19-5-3-6-21(26(19)31-24)20-7-4-14-30-25(20)18-10-11-18/h1-9,14,17-18,31H,10-13,15-16H2,(H,32,35). The Balaban J connectivity index is 1.18. The number of fused-ring (bicyclic) bond motifs is 3. The average Bonchev–Trinajstić information content (AvgIpc) is 3.60. The van der Waals surface area contributed by atoms with Crippen LogP contribution in [0.2, 0.25) is 0 Å². The van der Waals surface area contributed by atoms with Crippen molar-refractivity contribution in [1.82, 2.24) is 14.9 Å². The summed E-state index contributed by atoms with van der Waals surface area (Å²) in [5.74, 6) is 0.586. The van der Waals surface area contributed by atoms with Gasteiger partial charge in [0.2, 0.25) is 5.91 Å². The SMILES string of the molecule is O=C(c1cc2cccc(-c3cccnc3C3CC3)c2[nH]1)N1CCC2(CC1)C(=O)Nc1ccccc12. The number of H-pyrrole nitrogens is 1. The smallest absolute Gasteiger partial charge is 0.270 e. The summed E-state index contributed by atoms with van der Waals surface area (Å²) < 4.78 is 0. The quantitative estimate of drug-likeness (QED) is 0.437. The van der Waals surface area contributed by atoms with Gasteiger partial charge in [-0.05, 0) is 49.4 Å². The fourth-order valence-electron chi connectivity index (χ4n) is 5.96. The zero-order valence-corrected chi connectivity index (χ0v) is 19.4. The van der Waals surface area contributed by atoms with Gasteiger partial charge < -0.3 is 15.2 Å². The predicted octanol–water partition coefficient (Wildman–Crippen LogP) is 5.23. The van der Waals surface area contributed by atoms with Gasteiger partial charge in [0.05, 0.1) is 16.6 Å². The van der Waals surface area contributed by atoms with Crippen LogP contribution in [0.1, 0.15) is 53.3 Å². The molecule has 174 valence electrons. The van der Waals surface area contributed by atoms with Gasteiger partial charge in [-0.1, -0.05) is 42.5 Å². The summed E-state index contributed by atoms with van der Waals surface area (Å²) in [5.41, 5.74) is 6.40. The molecule has 2 aromatic heterocycles. The molecule has 0 atom stereocenters. The molecule has 4 aromatic rings. The number of anilines is 1. The molecule has 1 saturated heterocycles. The lowest BCUT2D eigenvalue weighted by molar-refractivity contribution is -0.122. The summed E-state index contributed by atoms with van der Waals surface area (Å²) in [6.07, 6.45) is 5.51. The highest BCUT2D eigenvalue weighted by Gasteiger charge is 2.48. The minimum Gasteiger partial charge on any atom is -0.350 e. The molecule has 0 radical (unpaired) electrons. The Morgan fingerprint density at radius 2 is 1.77 bits per heavy atom. The van der Waals surface area contributed by atoms with Crippen molar-refractivity contribution in [3.8, 4) is 11.1 Å². The summed E-state index contributed by atoms with van der Waals surface area (Å²) in [6, 6.07) is 20.2. The number of nitrogens with one attached hydrogen (secondary N) is 2. The van der Waals surface area contributed by atoms with E-state index in [1.807, 2.05) is 59.6 Å². The molecule has 2 fully saturated rings. The second kappa shape index (κ2) is 7.54. The summed E-state index contributed by atoms with van der Waals surface area (Å²) in [5, 5.41) is 4.06. The number of piperidine rings is 1. The fraction of sp³-hybridized carbons (Fsp3) is 0.276. The Labute approximate surface area is 203 Å². The number of aromatic amines is 1. The Morgan fingerprint density at radius 3 is 2.60 bits per heavy atom. The highest BCUT2D eigenvalue weighted by atomic mass is 16.2. The average molecular weight is 463 g/mol. The first-order valence-corrected chi connectivity index (χ1v) is 12.4. The minimum atomic E-state index is -0.527. The fourth-order valence-corrected chi connectivity index (χ4v) is 5.96. The van der Waals surface area contributed by atoms with Crippen molar-refractivity contribution < 1.29 is 9.59 Å². The molecule has 7 rings (SSSR count). The number of likely N-dealkylation sites (tertiary alicyclic amines) is 1. The maximum absolute atomic E-state index is 13.5. The van der Waals surface area contributed by atoms with Gasteiger partial charge in [-0.2, -0.15) is 0 Å². The van der Waals surface area contributed by atoms with Gasteiger partial charge in [0.1, 0.15) is 5.69 Å². The van der Waals surface area contributed by atoms with Crippen molar-refractivity contribution in [3.05, 3.63) is 83.8 Å². The third-order valence-corrected chi connectivity index (χ3v) is 8.01. The minimum absolute atomic E-state index is 0.0118. The molecule has 6 nitrogen and oxygen atoms in total. The first-order chi connectivity index (χ1) is 17.1. The lowest BCUT2D eigenvalue weighted by Crippen LogP contribution is -2.48. The van der Waals surface area contributed by atoms with Crippen molar-refractivity contribution in [1.29, 1.82) is 0 Å². The molecule has 1 spiro atoms. The number of carbonyl (C=O) groups excluding carboxylic acids is 2. The van der Waals surface area contributed by atoms with Gasteiger partial charge in [-0.15, -0.1) is 0 Å². The highest BCUT2D eigenvalue weighted by molar-refractivity contribution is 6.07. The number of carbonyl (C=O) groups is 2. The molecule has 0 unspecified atom stereocenters. The second-order valence-corrected chi connectivity index (χ2v) is 10.0. The van der Waals surface area contributed by atoms with E-state index in [2.05, 4.69) is 27.4 Å². The molecule has 1 aliphatic carbocycles. The first kappa shape index (κ1) is 20.4. The summed E-state index contributed by atoms with van der Waals surface area (Å²) in [4.78, 5) is 36.4. The molecule has 35 heavy (non-hydrogen) atoms. The van der Waals surface area contributed by atoms with Crippen molar-refractivity contribution in [2.45, 2.75) is 37.0 Å². The van der Waals surface area contributed by atoms with Crippen LogP contribution in [0.25, 0.3) is 22.0 Å². The number of benzene rings is 2. The lowest BCUT2D eigenvalue weighted by Gasteiger charge is -2.37. The molecular weight excluding hydrogens is 436 g/mol.